The van der Waals surface area contributed by atoms with Gasteiger partial charge in [0.25, 0.3) is 10.0 Å². The number of anilines is 1. The molecule has 37 heavy (non-hydrogen) atoms. The van der Waals surface area contributed by atoms with Crippen LogP contribution < -0.4 is 14.8 Å². The molecule has 1 aliphatic rings. The molecule has 0 saturated carbocycles. The largest absolute Gasteiger partial charge is 0.480 e. The van der Waals surface area contributed by atoms with Crippen LogP contribution in [0.2, 0.25) is 0 Å². The smallest absolute Gasteiger partial charge is 0.264 e. The van der Waals surface area contributed by atoms with Crippen LogP contribution in [0.4, 0.5) is 14.5 Å². The molecular weight excluding hydrogens is 504 g/mol. The summed E-state index contributed by atoms with van der Waals surface area (Å²) in [6, 6.07) is 7.00. The summed E-state index contributed by atoms with van der Waals surface area (Å²) in [6.07, 6.45) is 3.52. The summed E-state index contributed by atoms with van der Waals surface area (Å²) in [7, 11) is -3.11. The Morgan fingerprint density at radius 3 is 2.81 bits per heavy atom. The molecule has 0 bridgehead atoms. The molecule has 1 atom stereocenters. The van der Waals surface area contributed by atoms with Crippen LogP contribution in [0.3, 0.4) is 0 Å². The van der Waals surface area contributed by atoms with Crippen molar-refractivity contribution in [2.24, 2.45) is 5.92 Å². The van der Waals surface area contributed by atoms with Crippen LogP contribution >= 0.6 is 0 Å². The van der Waals surface area contributed by atoms with E-state index in [9.17, 15) is 17.2 Å². The average molecular weight is 526 g/mol. The maximum Gasteiger partial charge on any atom is 0.264 e. The number of piperidine rings is 1. The Hall–Kier alpha value is -4.15. The van der Waals surface area contributed by atoms with Gasteiger partial charge in [0.2, 0.25) is 11.7 Å². The highest BCUT2D eigenvalue weighted by Crippen LogP contribution is 2.30. The number of rotatable bonds is 5. The van der Waals surface area contributed by atoms with Gasteiger partial charge in [-0.15, -0.1) is 10.2 Å². The first-order valence-corrected chi connectivity index (χ1v) is 12.8. The van der Waals surface area contributed by atoms with E-state index >= 15 is 0 Å². The molecule has 0 spiro atoms. The van der Waals surface area contributed by atoms with Crippen molar-refractivity contribution >= 4 is 21.4 Å². The number of nitrogens with one attached hydrogen (secondary N) is 2. The van der Waals surface area contributed by atoms with Crippen molar-refractivity contribution in [3.8, 4) is 29.0 Å². The molecular formula is C24H21F2N7O3S. The van der Waals surface area contributed by atoms with Crippen molar-refractivity contribution in [1.29, 1.82) is 0 Å². The van der Waals surface area contributed by atoms with E-state index in [0.717, 1.165) is 38.1 Å². The highest BCUT2D eigenvalue weighted by Gasteiger charge is 2.22. The number of aromatic nitrogens is 5. The summed E-state index contributed by atoms with van der Waals surface area (Å²) in [6.45, 7) is 1.81. The maximum atomic E-state index is 14.2. The molecule has 10 nitrogen and oxygen atoms in total. The highest BCUT2D eigenvalue weighted by molar-refractivity contribution is 7.92. The van der Waals surface area contributed by atoms with Crippen LogP contribution in [0, 0.1) is 29.4 Å². The molecule has 0 radical (unpaired) electrons. The average Bonchev–Trinajstić information content (AvgIpc) is 3.30. The lowest BCUT2D eigenvalue weighted by Gasteiger charge is -2.17. The molecule has 3 aromatic heterocycles. The Bertz CT molecular complexity index is 1640. The van der Waals surface area contributed by atoms with Gasteiger partial charge in [-0.3, -0.25) is 4.72 Å². The first-order valence-electron chi connectivity index (χ1n) is 11.3. The number of hydrogen-bond acceptors (Lipinski definition) is 8. The predicted octanol–water partition coefficient (Wildman–Crippen LogP) is 2.62. The molecule has 1 aromatic carbocycles. The van der Waals surface area contributed by atoms with Gasteiger partial charge < -0.3 is 10.1 Å². The minimum Gasteiger partial charge on any atom is -0.480 e. The second-order valence-electron chi connectivity index (χ2n) is 8.29. The van der Waals surface area contributed by atoms with Crippen molar-refractivity contribution < 1.29 is 21.9 Å². The Morgan fingerprint density at radius 1 is 1.19 bits per heavy atom. The zero-order chi connectivity index (χ0) is 26.0. The Morgan fingerprint density at radius 2 is 2.05 bits per heavy atom. The number of halogens is 2. The lowest BCUT2D eigenvalue weighted by Crippen LogP contribution is -2.28. The van der Waals surface area contributed by atoms with Gasteiger partial charge >= 0.3 is 0 Å². The van der Waals surface area contributed by atoms with Crippen molar-refractivity contribution in [2.75, 3.05) is 24.9 Å². The van der Waals surface area contributed by atoms with Crippen molar-refractivity contribution in [3.05, 3.63) is 60.1 Å². The number of hydrogen-bond donors (Lipinski definition) is 2. The van der Waals surface area contributed by atoms with E-state index in [2.05, 4.69) is 42.2 Å². The van der Waals surface area contributed by atoms with Gasteiger partial charge in [0, 0.05) is 30.3 Å². The third-order valence-corrected chi connectivity index (χ3v) is 7.11. The topological polar surface area (TPSA) is 123 Å². The summed E-state index contributed by atoms with van der Waals surface area (Å²) in [5.74, 6) is 4.68. The highest BCUT2D eigenvalue weighted by atomic mass is 32.2. The predicted molar refractivity (Wildman–Crippen MR) is 130 cm³/mol. The van der Waals surface area contributed by atoms with E-state index in [1.807, 2.05) is 0 Å². The third kappa shape index (κ3) is 5.20. The van der Waals surface area contributed by atoms with E-state index in [1.54, 1.807) is 12.1 Å². The van der Waals surface area contributed by atoms with Crippen LogP contribution in [-0.2, 0) is 10.0 Å². The maximum absolute atomic E-state index is 14.2. The van der Waals surface area contributed by atoms with E-state index < -0.39 is 26.6 Å². The first kappa shape index (κ1) is 24.5. The summed E-state index contributed by atoms with van der Waals surface area (Å²) >= 11 is 0. The molecule has 1 fully saturated rings. The van der Waals surface area contributed by atoms with Gasteiger partial charge in [-0.05, 0) is 55.6 Å². The summed E-state index contributed by atoms with van der Waals surface area (Å²) in [5, 5.41) is 16.1. The molecule has 13 heteroatoms. The van der Waals surface area contributed by atoms with Gasteiger partial charge in [0.15, 0.2) is 5.65 Å². The van der Waals surface area contributed by atoms with Crippen LogP contribution in [0.1, 0.15) is 18.7 Å². The molecule has 0 aliphatic carbocycles. The molecule has 1 saturated heterocycles. The quantitative estimate of drug-likeness (QED) is 0.381. The summed E-state index contributed by atoms with van der Waals surface area (Å²) in [4.78, 5) is 3.44. The Balaban J connectivity index is 1.49. The number of sulfonamides is 1. The van der Waals surface area contributed by atoms with Crippen LogP contribution in [0.25, 0.3) is 16.9 Å². The SMILES string of the molecule is COc1ncc(-c2ccc3nnc(C#CC4CCCNC4)n3n2)cc1NS(=O)(=O)c1ccc(F)cc1F. The normalized spacial score (nSPS) is 15.7. The number of benzene rings is 1. The fourth-order valence-corrected chi connectivity index (χ4v) is 4.99. The molecule has 190 valence electrons. The lowest BCUT2D eigenvalue weighted by molar-refractivity contribution is 0.400. The number of fused-ring (bicyclic) bond motifs is 1. The molecule has 2 N–H and O–H groups in total. The molecule has 1 aliphatic heterocycles. The molecule has 1 unspecified atom stereocenters. The van der Waals surface area contributed by atoms with Gasteiger partial charge in [0.05, 0.1) is 12.8 Å². The zero-order valence-electron chi connectivity index (χ0n) is 19.6. The molecule has 0 amide bonds. The number of pyridine rings is 1. The minimum absolute atomic E-state index is 0.0483. The van der Waals surface area contributed by atoms with Gasteiger partial charge in [-0.2, -0.15) is 9.61 Å². The second-order valence-corrected chi connectivity index (χ2v) is 9.94. The number of ether oxygens (including phenoxy) is 1. The summed E-state index contributed by atoms with van der Waals surface area (Å²) in [5.41, 5.74) is 1.30. The Kier molecular flexibility index (Phi) is 6.68. The molecule has 5 rings (SSSR count). The number of methoxy groups -OCH3 is 1. The first-order chi connectivity index (χ1) is 17.8. The van der Waals surface area contributed by atoms with Crippen LogP contribution in [-0.4, -0.2) is 53.4 Å². The third-order valence-electron chi connectivity index (χ3n) is 5.72. The van der Waals surface area contributed by atoms with Crippen LogP contribution in [0.15, 0.2) is 47.5 Å². The minimum atomic E-state index is -4.42. The standard InChI is InChI=1S/C24H21F2N7O3S/c1-36-24-20(32-37(34,35)21-7-5-17(25)12-18(21)26)11-16(14-28-24)19-6-9-23-30-29-22(33(23)31-19)8-4-15-3-2-10-27-13-15/h5-7,9,11-12,14-15,27,32H,2-3,10,13H2,1H3. The molecule has 4 aromatic rings. The van der Waals surface area contributed by atoms with Gasteiger partial charge in [-0.1, -0.05) is 5.92 Å². The lowest BCUT2D eigenvalue weighted by atomic mass is 10.0. The Labute approximate surface area is 211 Å². The summed E-state index contributed by atoms with van der Waals surface area (Å²) < 4.78 is 62.0. The van der Waals surface area contributed by atoms with Gasteiger partial charge in [0.1, 0.15) is 22.2 Å². The fourth-order valence-electron chi connectivity index (χ4n) is 3.88. The van der Waals surface area contributed by atoms with E-state index in [4.69, 9.17) is 4.74 Å². The molecule has 4 heterocycles. The second kappa shape index (κ2) is 10.1. The number of nitrogens with zero attached hydrogens (tertiary/aromatic N) is 5. The zero-order valence-corrected chi connectivity index (χ0v) is 20.4. The van der Waals surface area contributed by atoms with Crippen molar-refractivity contribution in [3.63, 3.8) is 0 Å². The monoisotopic (exact) mass is 525 g/mol. The van der Waals surface area contributed by atoms with E-state index in [0.29, 0.717) is 28.8 Å². The van der Waals surface area contributed by atoms with Crippen LogP contribution in [0.5, 0.6) is 5.88 Å². The van der Waals surface area contributed by atoms with E-state index in [1.165, 1.54) is 23.9 Å². The van der Waals surface area contributed by atoms with Crippen molar-refractivity contribution in [2.45, 2.75) is 17.7 Å². The van der Waals surface area contributed by atoms with Gasteiger partial charge in [-0.25, -0.2) is 22.2 Å². The van der Waals surface area contributed by atoms with E-state index in [-0.39, 0.29) is 17.5 Å². The fraction of sp³-hybridized carbons (Fsp3) is 0.250. The van der Waals surface area contributed by atoms with Crippen molar-refractivity contribution in [1.82, 2.24) is 30.1 Å².